The van der Waals surface area contributed by atoms with E-state index < -0.39 is 238 Å². The molecule has 4 fully saturated rings. The van der Waals surface area contributed by atoms with Crippen molar-refractivity contribution in [1.29, 1.82) is 0 Å². The lowest BCUT2D eigenvalue weighted by Crippen LogP contribution is -2.35. The van der Waals surface area contributed by atoms with Crippen LogP contribution in [-0.2, 0) is 90.8 Å². The Balaban J connectivity index is 0.00000161. The monoisotopic (exact) mass is 1540 g/mol. The van der Waals surface area contributed by atoms with Crippen molar-refractivity contribution in [3.05, 3.63) is 0 Å². The first kappa shape index (κ1) is 66.7. The zero-order chi connectivity index (χ0) is 102. The fraction of sp³-hybridized carbons (Fsp3) is 0.841. The third kappa shape index (κ3) is 46.3. The lowest BCUT2D eigenvalue weighted by molar-refractivity contribution is -0.145. The highest BCUT2D eigenvalue weighted by Gasteiger charge is 2.54. The molecule has 0 aromatic carbocycles. The third-order valence-corrected chi connectivity index (χ3v) is 15.7. The second-order valence-electron chi connectivity index (χ2n) is 29.4. The van der Waals surface area contributed by atoms with Gasteiger partial charge in [0, 0.05) is 120 Å². The van der Waals surface area contributed by atoms with Crippen molar-refractivity contribution in [2.24, 2.45) is 88.7 Å². The van der Waals surface area contributed by atoms with Gasteiger partial charge >= 0.3 is 17.9 Å². The number of carbonyl (C=O) groups is 13. The van der Waals surface area contributed by atoms with Gasteiger partial charge in [-0.2, -0.15) is 0 Å². The van der Waals surface area contributed by atoms with Gasteiger partial charge in [-0.1, -0.05) is 145 Å². The topological polar surface area (TPSA) is 371 Å². The van der Waals surface area contributed by atoms with Crippen molar-refractivity contribution in [3.8, 4) is 0 Å². The van der Waals surface area contributed by atoms with E-state index in [1.165, 1.54) is 13.8 Å². The van der Waals surface area contributed by atoms with Crippen LogP contribution in [0.5, 0.6) is 0 Å². The first-order valence-corrected chi connectivity index (χ1v) is 37.4. The molecule has 3 unspecified atom stereocenters. The van der Waals surface area contributed by atoms with Gasteiger partial charge in [0.15, 0.2) is 65.5 Å². The highest BCUT2D eigenvalue weighted by molar-refractivity contribution is 5.99. The van der Waals surface area contributed by atoms with Crippen LogP contribution in [0.4, 0.5) is 0 Å². The van der Waals surface area contributed by atoms with Gasteiger partial charge in [0.05, 0.1) is 13.2 Å². The molecule has 25 heteroatoms. The molecule has 16 atom stereocenters. The Morgan fingerprint density at radius 2 is 0.617 bits per heavy atom. The minimum atomic E-state index is -3.06. The molecule has 0 spiro atoms. The fourth-order valence-electron chi connectivity index (χ4n) is 9.75. The van der Waals surface area contributed by atoms with Crippen LogP contribution in [0.15, 0.2) is 0 Å². The molecule has 4 aliphatic rings. The number of carboxylic acids is 1. The first-order chi connectivity index (χ1) is 58.8. The molecule has 4 saturated heterocycles. The first-order valence-electron chi connectivity index (χ1n) is 48.9. The van der Waals surface area contributed by atoms with E-state index in [9.17, 15) is 62.3 Å². The number of Topliss-reactive ketones (excluding diaryl/α,β-unsaturated/α-hetero) is 5. The summed E-state index contributed by atoms with van der Waals surface area (Å²) in [6, 6.07) is 0. The molecule has 0 radical (unpaired) electrons. The van der Waals surface area contributed by atoms with E-state index in [0.29, 0.717) is 50.1 Å². The number of rotatable bonds is 49. The number of ether oxygens (including phenoxy) is 6. The minimum absolute atomic E-state index is 0.0960. The van der Waals surface area contributed by atoms with Crippen molar-refractivity contribution in [1.82, 2.24) is 26.6 Å². The molecule has 6 N–H and O–H groups in total. The van der Waals surface area contributed by atoms with Gasteiger partial charge in [-0.25, -0.2) is 14.4 Å². The van der Waals surface area contributed by atoms with Crippen LogP contribution < -0.4 is 26.6 Å². The normalized spacial score (nSPS) is 26.3. The van der Waals surface area contributed by atoms with Gasteiger partial charge in [-0.05, 0) is 150 Å². The fourth-order valence-corrected chi connectivity index (χ4v) is 9.75. The van der Waals surface area contributed by atoms with Crippen LogP contribution in [0.2, 0.25) is 0 Å². The Morgan fingerprint density at radius 3 is 0.850 bits per heavy atom. The van der Waals surface area contributed by atoms with Gasteiger partial charge in [0.1, 0.15) is 12.2 Å². The summed E-state index contributed by atoms with van der Waals surface area (Å²) in [5.41, 5.74) is 0. The summed E-state index contributed by atoms with van der Waals surface area (Å²) in [5, 5.41) is 21.8. The van der Waals surface area contributed by atoms with Gasteiger partial charge in [-0.3, -0.25) is 47.9 Å². The van der Waals surface area contributed by atoms with E-state index in [-0.39, 0.29) is 75.5 Å². The molecular weight excluding hydrogens is 1370 g/mol. The highest BCUT2D eigenvalue weighted by Crippen LogP contribution is 2.32. The summed E-state index contributed by atoms with van der Waals surface area (Å²) in [6.07, 6.45) is -19.5. The quantitative estimate of drug-likeness (QED) is 0.0243. The number of aliphatic carboxylic acids is 1. The maximum atomic E-state index is 12.7. The summed E-state index contributed by atoms with van der Waals surface area (Å²) in [4.78, 5) is 158. The molecule has 4 aliphatic heterocycles. The van der Waals surface area contributed by atoms with Crippen LogP contribution in [0.25, 0.3) is 0 Å². The molecule has 618 valence electrons. The van der Waals surface area contributed by atoms with Crippen LogP contribution in [0.3, 0.4) is 0 Å². The molecule has 25 nitrogen and oxygen atoms in total. The molecule has 0 aromatic heterocycles. The number of carbonyl (C=O) groups excluding carboxylic acids is 12. The molecule has 4 rings (SSSR count). The molecule has 0 saturated carbocycles. The number of nitrogens with one attached hydrogen (secondary N) is 5. The summed E-state index contributed by atoms with van der Waals surface area (Å²) < 4.78 is 211. The summed E-state index contributed by atoms with van der Waals surface area (Å²) in [7, 11) is 0. The number of epoxide rings is 4. The van der Waals surface area contributed by atoms with Gasteiger partial charge in [-0.15, -0.1) is 0 Å². The highest BCUT2D eigenvalue weighted by atomic mass is 16.7. The van der Waals surface area contributed by atoms with Gasteiger partial charge in [0.25, 0.3) is 0 Å². The predicted molar refractivity (Wildman–Crippen MR) is 412 cm³/mol. The smallest absolute Gasteiger partial charge is 0.338 e. The maximum Gasteiger partial charge on any atom is 0.338 e. The van der Waals surface area contributed by atoms with Gasteiger partial charge in [0.2, 0.25) is 29.5 Å². The minimum Gasteiger partial charge on any atom is -0.479 e. The zero-order valence-corrected chi connectivity index (χ0v) is 67.2. The van der Waals surface area contributed by atoms with E-state index in [0.717, 1.165) is 33.6 Å². The van der Waals surface area contributed by atoms with E-state index >= 15 is 0 Å². The molecular formula is C82H145N5O20. The van der Waals surface area contributed by atoms with Crippen molar-refractivity contribution < 1.29 is 127 Å². The number of carboxylic acid groups (broad SMARTS) is 1. The average molecular weight is 1540 g/mol. The van der Waals surface area contributed by atoms with E-state index in [1.807, 2.05) is 69.2 Å². The second-order valence-corrected chi connectivity index (χ2v) is 29.4. The summed E-state index contributed by atoms with van der Waals surface area (Å²) >= 11 is 0. The summed E-state index contributed by atoms with van der Waals surface area (Å²) in [6.45, 7) is 28.0. The van der Waals surface area contributed by atoms with Crippen molar-refractivity contribution in [2.75, 3.05) is 45.9 Å². The van der Waals surface area contributed by atoms with Crippen molar-refractivity contribution >= 4 is 76.4 Å². The van der Waals surface area contributed by atoms with E-state index in [4.69, 9.17) is 65.1 Å². The number of ketones is 5. The number of amides is 5. The molecule has 5 amide bonds. The number of hydrogen-bond acceptors (Lipinski definition) is 19. The Labute approximate surface area is 674 Å². The lowest BCUT2D eigenvalue weighted by Gasteiger charge is -2.18. The second kappa shape index (κ2) is 53.7. The number of esters is 2. The average Bonchev–Trinajstić information content (AvgIpc) is 1.71. The molecule has 0 aromatic rings. The van der Waals surface area contributed by atoms with E-state index in [2.05, 4.69) is 26.6 Å². The Kier molecular flexibility index (Phi) is 33.5. The Hall–Kier alpha value is -6.05. The van der Waals surface area contributed by atoms with Crippen LogP contribution in [0.1, 0.15) is 294 Å². The molecule has 107 heavy (non-hydrogen) atoms. The van der Waals surface area contributed by atoms with Gasteiger partial charge < -0.3 is 60.1 Å². The van der Waals surface area contributed by atoms with Crippen molar-refractivity contribution in [3.63, 3.8) is 0 Å². The maximum absolute atomic E-state index is 12.7. The standard InChI is InChI=1S/2C18H31NO5.C17H29NO4.C16H27NO5.C13H27NO/c2*1-6-23-18(22)16-15(24-16)14(20)10-13(9-12(4)5)17(21)19-8-7-11(2)3;1-10(2)6-7-18-17(21)13(8-11(3)4)9-14(20)16-15(22-16)12(5)19;1-9(2)5-6-17-15(19)11(7-10(3)4)8-12(18)13-14(22-13)16(20)21;1-6-12(9-11(4)5)13(15)14-8-7-10(2)3/h2*11-13,15-16H,6-10H2,1-5H3,(H,19,21);10-11,13,15-16H,6-9H2,1-5H3,(H,18,21);9-11,13-14H,5-8H2,1-4H3,(H,17,19)(H,20,21);10-12H,6-9H2,1-5H3,(H,14,15)/t2*13-,15-,16+;13-,15-,16-;11-,13-,14+;12-/m11111/s1/i4D3,9D2,12D;9D2;8D2;3D3,7D2,10D;4D3,9D2,11D,12D/t12?,13-,15-,16+;2m;10?,11-,13-,14+;11?,12-. The molecule has 4 heterocycles. The lowest BCUT2D eigenvalue weighted by atomic mass is 9.90. The third-order valence-electron chi connectivity index (χ3n) is 15.7. The van der Waals surface area contributed by atoms with Crippen LogP contribution in [-0.4, -0.2) is 176 Å². The van der Waals surface area contributed by atoms with Crippen LogP contribution >= 0.6 is 0 Å². The molecule has 0 aliphatic carbocycles. The number of hydrogen-bond donors (Lipinski definition) is 6. The SMILES string of the molecule is [2H]C([2H])(C(C)C)[C@H](CC(=O)[C@H]1O[C@@H]1C(=O)OCC)C(=O)NCCC(C)C.[2H]C([2H])(C(C)C)[C@H](CC(=O)[C@H]1O[C@@H]1C(C)=O)C(=O)NCCC(C)C.[2H]C([2H])([2H])C([2H])(C)C([2H])([2H])[C@@]([2H])(CC)C(=O)NCCC(C)C.[2H]C([2H])([2H])C([2H])(C)C([2H])([2H])[C@H](CC(=O)[C@H]1O[C@@H]1C(=O)O)C(=O)NCCC(C)C.[2H]C([2H])([2H])C([2H])(C)C([2H])([2H])[C@H](CC(=O)[C@H]1O[C@@H]1C(=O)OCC)C(=O)NCCC(C)C. The van der Waals surface area contributed by atoms with Crippen molar-refractivity contribution in [2.45, 2.75) is 311 Å². The Morgan fingerprint density at radius 1 is 0.364 bits per heavy atom. The Bertz CT molecular complexity index is 3760. The predicted octanol–water partition coefficient (Wildman–Crippen LogP) is 11.2. The molecule has 0 bridgehead atoms. The van der Waals surface area contributed by atoms with Crippen LogP contribution in [0, 0.1) is 88.7 Å². The zero-order valence-electron chi connectivity index (χ0n) is 90.2. The summed E-state index contributed by atoms with van der Waals surface area (Å²) in [5.74, 6) is -24.0. The van der Waals surface area contributed by atoms with E-state index in [1.54, 1.807) is 41.5 Å². The largest absolute Gasteiger partial charge is 0.479 e.